The molecule has 0 unspecified atom stereocenters. The van der Waals surface area contributed by atoms with Gasteiger partial charge in [-0.05, 0) is 6.08 Å². The lowest BCUT2D eigenvalue weighted by Gasteiger charge is -2.06. The average molecular weight is 178 g/mol. The van der Waals surface area contributed by atoms with Crippen molar-refractivity contribution in [2.24, 2.45) is 0 Å². The fourth-order valence-corrected chi connectivity index (χ4v) is 0.660. The summed E-state index contributed by atoms with van der Waals surface area (Å²) in [5, 5.41) is 0. The largest absolute Gasteiger partial charge is 0.452 e. The van der Waals surface area contributed by atoms with Crippen molar-refractivity contribution in [1.29, 1.82) is 0 Å². The normalized spacial score (nSPS) is 9.23. The summed E-state index contributed by atoms with van der Waals surface area (Å²) < 4.78 is 5.13. The molecule has 0 aliphatic rings. The maximum absolute atomic E-state index is 5.49. The second-order valence-electron chi connectivity index (χ2n) is 2.25. The fourth-order valence-electron chi connectivity index (χ4n) is 0.660. The quantitative estimate of drug-likeness (QED) is 0.526. The van der Waals surface area contributed by atoms with Crippen molar-refractivity contribution in [3.63, 3.8) is 0 Å². The Hall–Kier alpha value is -2.04. The molecule has 4 N–H and O–H groups in total. The first-order valence-electron chi connectivity index (χ1n) is 3.50. The van der Waals surface area contributed by atoms with Crippen molar-refractivity contribution in [3.05, 3.63) is 31.2 Å². The van der Waals surface area contributed by atoms with Gasteiger partial charge >= 0.3 is 0 Å². The molecule has 0 spiro atoms. The molecular formula is C8H10N4O. The highest BCUT2D eigenvalue weighted by Crippen LogP contribution is 2.19. The van der Waals surface area contributed by atoms with Crippen LogP contribution >= 0.6 is 0 Å². The summed E-state index contributed by atoms with van der Waals surface area (Å²) in [4.78, 5) is 7.42. The van der Waals surface area contributed by atoms with E-state index in [1.165, 1.54) is 12.3 Å². The molecule has 0 saturated heterocycles. The molecule has 68 valence electrons. The number of nitrogen functional groups attached to an aromatic ring is 2. The van der Waals surface area contributed by atoms with Crippen molar-refractivity contribution in [2.75, 3.05) is 11.5 Å². The molecule has 13 heavy (non-hydrogen) atoms. The number of nitrogens with zero attached hydrogens (tertiary/aromatic N) is 2. The van der Waals surface area contributed by atoms with E-state index in [0.717, 1.165) is 0 Å². The SMILES string of the molecule is C=CC(=C)Oc1cnc(N)nc1N. The Morgan fingerprint density at radius 1 is 1.54 bits per heavy atom. The lowest BCUT2D eigenvalue weighted by Crippen LogP contribution is -2.02. The minimum Gasteiger partial charge on any atom is -0.452 e. The zero-order valence-corrected chi connectivity index (χ0v) is 7.03. The van der Waals surface area contributed by atoms with Crippen LogP contribution in [-0.2, 0) is 0 Å². The highest BCUT2D eigenvalue weighted by atomic mass is 16.5. The smallest absolute Gasteiger partial charge is 0.222 e. The average Bonchev–Trinajstić information content (AvgIpc) is 2.09. The second kappa shape index (κ2) is 3.57. The Balaban J connectivity index is 2.89. The van der Waals surface area contributed by atoms with E-state index in [1.54, 1.807) is 0 Å². The van der Waals surface area contributed by atoms with E-state index in [0.29, 0.717) is 11.5 Å². The Kier molecular flexibility index (Phi) is 2.49. The first-order valence-corrected chi connectivity index (χ1v) is 3.50. The molecule has 0 bridgehead atoms. The fraction of sp³-hybridized carbons (Fsp3) is 0. The van der Waals surface area contributed by atoms with E-state index >= 15 is 0 Å². The number of ether oxygens (including phenoxy) is 1. The lowest BCUT2D eigenvalue weighted by molar-refractivity contribution is 0.445. The van der Waals surface area contributed by atoms with Gasteiger partial charge < -0.3 is 16.2 Å². The molecule has 0 aliphatic heterocycles. The Labute approximate surface area is 75.7 Å². The maximum atomic E-state index is 5.49. The predicted octanol–water partition coefficient (Wildman–Crippen LogP) is 0.720. The number of allylic oxidation sites excluding steroid dienone is 1. The van der Waals surface area contributed by atoms with Crippen LogP contribution in [0.4, 0.5) is 11.8 Å². The zero-order chi connectivity index (χ0) is 9.84. The van der Waals surface area contributed by atoms with Gasteiger partial charge in [-0.15, -0.1) is 0 Å². The molecule has 5 nitrogen and oxygen atoms in total. The molecule has 0 atom stereocenters. The third kappa shape index (κ3) is 2.19. The van der Waals surface area contributed by atoms with Crippen molar-refractivity contribution in [2.45, 2.75) is 0 Å². The molecule has 0 aromatic carbocycles. The highest BCUT2D eigenvalue weighted by molar-refractivity contribution is 5.47. The predicted molar refractivity (Wildman–Crippen MR) is 50.8 cm³/mol. The topological polar surface area (TPSA) is 87.0 Å². The van der Waals surface area contributed by atoms with Crippen molar-refractivity contribution < 1.29 is 4.74 Å². The van der Waals surface area contributed by atoms with Crippen LogP contribution in [-0.4, -0.2) is 9.97 Å². The number of hydrogen-bond acceptors (Lipinski definition) is 5. The third-order valence-corrected chi connectivity index (χ3v) is 1.27. The number of rotatable bonds is 3. The molecule has 0 radical (unpaired) electrons. The van der Waals surface area contributed by atoms with Gasteiger partial charge in [0.25, 0.3) is 0 Å². The number of hydrogen-bond donors (Lipinski definition) is 2. The van der Waals surface area contributed by atoms with Gasteiger partial charge in [0.1, 0.15) is 5.76 Å². The van der Waals surface area contributed by atoms with Gasteiger partial charge in [0.05, 0.1) is 6.20 Å². The molecule has 1 rings (SSSR count). The van der Waals surface area contributed by atoms with Gasteiger partial charge in [0, 0.05) is 0 Å². The van der Waals surface area contributed by atoms with Gasteiger partial charge in [0.2, 0.25) is 5.95 Å². The summed E-state index contributed by atoms with van der Waals surface area (Å²) in [7, 11) is 0. The molecule has 0 aliphatic carbocycles. The molecule has 1 aromatic rings. The van der Waals surface area contributed by atoms with E-state index in [9.17, 15) is 0 Å². The van der Waals surface area contributed by atoms with Crippen LogP contribution in [0.15, 0.2) is 31.2 Å². The first-order chi connectivity index (χ1) is 6.13. The Morgan fingerprint density at radius 3 is 2.77 bits per heavy atom. The monoisotopic (exact) mass is 178 g/mol. The molecule has 1 aromatic heterocycles. The van der Waals surface area contributed by atoms with Crippen molar-refractivity contribution in [1.82, 2.24) is 9.97 Å². The van der Waals surface area contributed by atoms with Gasteiger partial charge in [-0.3, -0.25) is 0 Å². The molecule has 0 fully saturated rings. The van der Waals surface area contributed by atoms with Crippen LogP contribution in [0, 0.1) is 0 Å². The van der Waals surface area contributed by atoms with E-state index in [-0.39, 0.29) is 11.8 Å². The molecular weight excluding hydrogens is 168 g/mol. The summed E-state index contributed by atoms with van der Waals surface area (Å²) in [5.41, 5.74) is 10.8. The van der Waals surface area contributed by atoms with Crippen LogP contribution in [0.25, 0.3) is 0 Å². The van der Waals surface area contributed by atoms with Gasteiger partial charge in [-0.25, -0.2) is 4.98 Å². The van der Waals surface area contributed by atoms with Crippen LogP contribution in [0.1, 0.15) is 0 Å². The maximum Gasteiger partial charge on any atom is 0.222 e. The Morgan fingerprint density at radius 2 is 2.23 bits per heavy atom. The number of aromatic nitrogens is 2. The molecule has 5 heteroatoms. The number of anilines is 2. The first kappa shape index (κ1) is 9.05. The van der Waals surface area contributed by atoms with Gasteiger partial charge in [0.15, 0.2) is 11.6 Å². The third-order valence-electron chi connectivity index (χ3n) is 1.27. The molecule has 1 heterocycles. The number of nitrogens with two attached hydrogens (primary N) is 2. The highest BCUT2D eigenvalue weighted by Gasteiger charge is 2.03. The standard InChI is InChI=1S/C8H10N4O/c1-3-5(2)13-6-4-11-8(10)12-7(6)9/h3-4H,1-2H2,(H4,9,10,11,12). The molecule has 0 amide bonds. The Bertz CT molecular complexity index is 348. The summed E-state index contributed by atoms with van der Waals surface area (Å²) in [5.74, 6) is 0.976. The minimum atomic E-state index is 0.106. The van der Waals surface area contributed by atoms with E-state index in [2.05, 4.69) is 23.1 Å². The van der Waals surface area contributed by atoms with Gasteiger partial charge in [-0.1, -0.05) is 13.2 Å². The van der Waals surface area contributed by atoms with Crippen LogP contribution < -0.4 is 16.2 Å². The lowest BCUT2D eigenvalue weighted by atomic mass is 10.5. The summed E-state index contributed by atoms with van der Waals surface area (Å²) in [6.45, 7) is 7.02. The zero-order valence-electron chi connectivity index (χ0n) is 7.03. The van der Waals surface area contributed by atoms with Crippen molar-refractivity contribution >= 4 is 11.8 Å². The minimum absolute atomic E-state index is 0.106. The van der Waals surface area contributed by atoms with Crippen LogP contribution in [0.3, 0.4) is 0 Å². The summed E-state index contributed by atoms with van der Waals surface area (Å²) >= 11 is 0. The van der Waals surface area contributed by atoms with Crippen LogP contribution in [0.5, 0.6) is 5.75 Å². The second-order valence-corrected chi connectivity index (χ2v) is 2.25. The molecule has 0 saturated carbocycles. The van der Waals surface area contributed by atoms with E-state index in [1.807, 2.05) is 0 Å². The van der Waals surface area contributed by atoms with E-state index < -0.39 is 0 Å². The van der Waals surface area contributed by atoms with E-state index in [4.69, 9.17) is 16.2 Å². The van der Waals surface area contributed by atoms with Crippen LogP contribution in [0.2, 0.25) is 0 Å². The van der Waals surface area contributed by atoms with Crippen molar-refractivity contribution in [3.8, 4) is 5.75 Å². The summed E-state index contributed by atoms with van der Waals surface area (Å²) in [6, 6.07) is 0. The van der Waals surface area contributed by atoms with Gasteiger partial charge in [-0.2, -0.15) is 4.98 Å². The summed E-state index contributed by atoms with van der Waals surface area (Å²) in [6.07, 6.45) is 2.84.